The Bertz CT molecular complexity index is 515. The van der Waals surface area contributed by atoms with Crippen molar-refractivity contribution in [2.75, 3.05) is 7.11 Å². The van der Waals surface area contributed by atoms with Crippen LogP contribution < -0.4 is 0 Å². The molecule has 0 fully saturated rings. The molecule has 6 nitrogen and oxygen atoms in total. The maximum atomic E-state index is 11.8. The molecule has 0 amide bonds. The molecular formula is C13H17NO5. The lowest BCUT2D eigenvalue weighted by Crippen LogP contribution is -2.27. The fourth-order valence-corrected chi connectivity index (χ4v) is 1.90. The maximum absolute atomic E-state index is 11.8. The zero-order valence-electron chi connectivity index (χ0n) is 11.3. The number of ketones is 1. The molecule has 0 spiro atoms. The summed E-state index contributed by atoms with van der Waals surface area (Å²) in [5.41, 5.74) is 0.154. The molecule has 1 N–H and O–H groups in total. The third-order valence-electron chi connectivity index (χ3n) is 2.85. The summed E-state index contributed by atoms with van der Waals surface area (Å²) in [6, 6.07) is 0.493. The summed E-state index contributed by atoms with van der Waals surface area (Å²) >= 11 is 0. The number of carboxylic acids is 1. The number of carboxylic acid groups (broad SMARTS) is 1. The van der Waals surface area contributed by atoms with Crippen molar-refractivity contribution in [3.05, 3.63) is 23.5 Å². The summed E-state index contributed by atoms with van der Waals surface area (Å²) in [4.78, 5) is 34.3. The van der Waals surface area contributed by atoms with Gasteiger partial charge in [0.1, 0.15) is 11.7 Å². The van der Waals surface area contributed by atoms with E-state index >= 15 is 0 Å². The van der Waals surface area contributed by atoms with Gasteiger partial charge in [-0.15, -0.1) is 0 Å². The molecule has 1 rings (SSSR count). The fraction of sp³-hybridized carbons (Fsp3) is 0.462. The van der Waals surface area contributed by atoms with E-state index in [1.807, 2.05) is 0 Å². The number of nitrogens with zero attached hydrogens (tertiary/aromatic N) is 1. The number of carbonyl (C=O) groups is 3. The zero-order valence-corrected chi connectivity index (χ0v) is 11.3. The van der Waals surface area contributed by atoms with E-state index in [4.69, 9.17) is 9.84 Å². The Morgan fingerprint density at radius 3 is 2.26 bits per heavy atom. The van der Waals surface area contributed by atoms with Gasteiger partial charge in [0.25, 0.3) is 0 Å². The normalized spacial score (nSPS) is 12.3. The van der Waals surface area contributed by atoms with Crippen LogP contribution >= 0.6 is 0 Å². The molecule has 1 heterocycles. The Balaban J connectivity index is 3.40. The first-order valence-corrected chi connectivity index (χ1v) is 5.83. The Morgan fingerprint density at radius 1 is 1.32 bits per heavy atom. The van der Waals surface area contributed by atoms with E-state index in [0.29, 0.717) is 0 Å². The van der Waals surface area contributed by atoms with Gasteiger partial charge in [0.15, 0.2) is 5.78 Å². The largest absolute Gasteiger partial charge is 0.477 e. The van der Waals surface area contributed by atoms with Gasteiger partial charge in [0, 0.05) is 11.8 Å². The number of Topliss-reactive ketones (excluding diaryl/α,β-unsaturated/α-hetero) is 1. The number of carbonyl (C=O) groups excluding carboxylic acids is 2. The summed E-state index contributed by atoms with van der Waals surface area (Å²) in [6.07, 6.45) is 1.38. The molecule has 0 bridgehead atoms. The summed E-state index contributed by atoms with van der Waals surface area (Å²) in [5, 5.41) is 9.16. The second-order valence-corrected chi connectivity index (χ2v) is 4.59. The van der Waals surface area contributed by atoms with Crippen LogP contribution in [0.4, 0.5) is 0 Å². The van der Waals surface area contributed by atoms with Crippen LogP contribution in [0.15, 0.2) is 12.3 Å². The molecule has 104 valence electrons. The first kappa shape index (κ1) is 14.9. The molecule has 0 radical (unpaired) electrons. The number of esters is 1. The van der Waals surface area contributed by atoms with Crippen molar-refractivity contribution in [2.45, 2.75) is 26.8 Å². The lowest BCUT2D eigenvalue weighted by Gasteiger charge is -2.21. The van der Waals surface area contributed by atoms with Gasteiger partial charge in [-0.1, -0.05) is 13.8 Å². The summed E-state index contributed by atoms with van der Waals surface area (Å²) in [7, 11) is 1.24. The van der Waals surface area contributed by atoms with Crippen molar-refractivity contribution in [3.8, 4) is 0 Å². The van der Waals surface area contributed by atoms with E-state index in [9.17, 15) is 14.4 Å². The number of methoxy groups -OCH3 is 1. The first-order valence-electron chi connectivity index (χ1n) is 5.83. The summed E-state index contributed by atoms with van der Waals surface area (Å²) in [5.74, 6) is -2.16. The van der Waals surface area contributed by atoms with Crippen molar-refractivity contribution < 1.29 is 24.2 Å². The average molecular weight is 267 g/mol. The van der Waals surface area contributed by atoms with Gasteiger partial charge in [0.2, 0.25) is 0 Å². The highest BCUT2D eigenvalue weighted by Crippen LogP contribution is 2.24. The molecule has 1 aromatic heterocycles. The van der Waals surface area contributed by atoms with Crippen LogP contribution in [0.5, 0.6) is 0 Å². The number of hydrogen-bond acceptors (Lipinski definition) is 4. The van der Waals surface area contributed by atoms with Gasteiger partial charge in [-0.25, -0.2) is 9.59 Å². The Hall–Kier alpha value is -2.11. The maximum Gasteiger partial charge on any atom is 0.352 e. The molecule has 1 unspecified atom stereocenters. The monoisotopic (exact) mass is 267 g/mol. The molecule has 1 atom stereocenters. The molecule has 0 aliphatic heterocycles. The van der Waals surface area contributed by atoms with Crippen molar-refractivity contribution in [1.82, 2.24) is 4.57 Å². The van der Waals surface area contributed by atoms with Gasteiger partial charge < -0.3 is 14.4 Å². The van der Waals surface area contributed by atoms with Crippen LogP contribution in [-0.2, 0) is 9.53 Å². The topological polar surface area (TPSA) is 85.6 Å². The van der Waals surface area contributed by atoms with Gasteiger partial charge in [-0.2, -0.15) is 0 Å². The van der Waals surface area contributed by atoms with Crippen molar-refractivity contribution in [2.24, 2.45) is 5.92 Å². The van der Waals surface area contributed by atoms with Crippen molar-refractivity contribution >= 4 is 17.7 Å². The lowest BCUT2D eigenvalue weighted by molar-refractivity contribution is -0.146. The second-order valence-electron chi connectivity index (χ2n) is 4.59. The van der Waals surface area contributed by atoms with Crippen molar-refractivity contribution in [3.63, 3.8) is 0 Å². The van der Waals surface area contributed by atoms with Crippen LogP contribution in [0.2, 0.25) is 0 Å². The summed E-state index contributed by atoms with van der Waals surface area (Å²) < 4.78 is 5.98. The van der Waals surface area contributed by atoms with E-state index < -0.39 is 18.0 Å². The molecule has 1 aromatic rings. The highest BCUT2D eigenvalue weighted by molar-refractivity contribution is 5.97. The Morgan fingerprint density at radius 2 is 1.89 bits per heavy atom. The minimum absolute atomic E-state index is 0.102. The van der Waals surface area contributed by atoms with Crippen LogP contribution in [0, 0.1) is 5.92 Å². The molecule has 0 aromatic carbocycles. The molecule has 0 saturated heterocycles. The van der Waals surface area contributed by atoms with Crippen LogP contribution in [0.25, 0.3) is 0 Å². The first-order chi connectivity index (χ1) is 8.79. The minimum Gasteiger partial charge on any atom is -0.477 e. The standard InChI is InChI=1S/C13H17NO5/c1-7(2)11(13(18)19-4)14-6-9(8(3)15)5-10(14)12(16)17/h5-7,11H,1-4H3,(H,16,17). The van der Waals surface area contributed by atoms with E-state index in [1.165, 1.54) is 30.9 Å². The number of aromatic carboxylic acids is 1. The van der Waals surface area contributed by atoms with Crippen molar-refractivity contribution in [1.29, 1.82) is 0 Å². The number of rotatable bonds is 5. The van der Waals surface area contributed by atoms with Gasteiger partial charge >= 0.3 is 11.9 Å². The average Bonchev–Trinajstić information content (AvgIpc) is 2.73. The fourth-order valence-electron chi connectivity index (χ4n) is 1.90. The van der Waals surface area contributed by atoms with Crippen LogP contribution in [0.3, 0.4) is 0 Å². The third kappa shape index (κ3) is 3.01. The summed E-state index contributed by atoms with van der Waals surface area (Å²) in [6.45, 7) is 4.90. The Kier molecular flexibility index (Phi) is 4.47. The highest BCUT2D eigenvalue weighted by Gasteiger charge is 2.29. The van der Waals surface area contributed by atoms with Gasteiger partial charge in [0.05, 0.1) is 7.11 Å². The van der Waals surface area contributed by atoms with E-state index in [0.717, 1.165) is 0 Å². The SMILES string of the molecule is COC(=O)C(C(C)C)n1cc(C(C)=O)cc1C(=O)O. The zero-order chi connectivity index (χ0) is 14.7. The van der Waals surface area contributed by atoms with Crippen LogP contribution in [0.1, 0.15) is 47.7 Å². The molecule has 6 heteroatoms. The molecule has 19 heavy (non-hydrogen) atoms. The van der Waals surface area contributed by atoms with Gasteiger partial charge in [-0.3, -0.25) is 4.79 Å². The quantitative estimate of drug-likeness (QED) is 0.649. The molecule has 0 saturated carbocycles. The molecule has 0 aliphatic carbocycles. The second kappa shape index (κ2) is 5.69. The molecule has 0 aliphatic rings. The van der Waals surface area contributed by atoms with E-state index in [1.54, 1.807) is 13.8 Å². The highest BCUT2D eigenvalue weighted by atomic mass is 16.5. The van der Waals surface area contributed by atoms with E-state index in [2.05, 4.69) is 0 Å². The predicted octanol–water partition coefficient (Wildman–Crippen LogP) is 1.76. The smallest absolute Gasteiger partial charge is 0.352 e. The third-order valence-corrected chi connectivity index (χ3v) is 2.85. The lowest BCUT2D eigenvalue weighted by atomic mass is 10.0. The predicted molar refractivity (Wildman–Crippen MR) is 67.3 cm³/mol. The van der Waals surface area contributed by atoms with Crippen LogP contribution in [-0.4, -0.2) is 34.5 Å². The molecular weight excluding hydrogens is 250 g/mol. The number of aromatic nitrogens is 1. The number of ether oxygens (including phenoxy) is 1. The Labute approximate surface area is 111 Å². The number of hydrogen-bond donors (Lipinski definition) is 1. The van der Waals surface area contributed by atoms with Gasteiger partial charge in [-0.05, 0) is 18.9 Å². The minimum atomic E-state index is -1.19. The van der Waals surface area contributed by atoms with E-state index in [-0.39, 0.29) is 23.0 Å².